The molecule has 9 nitrogen and oxygen atoms in total. The third kappa shape index (κ3) is 1.80. The smallest absolute Gasteiger partial charge is 0.748 e. The van der Waals surface area contributed by atoms with Gasteiger partial charge in [-0.05, 0) is 6.42 Å². The van der Waals surface area contributed by atoms with E-state index in [1.54, 1.807) is 6.92 Å². The molecule has 2 spiro atoms. The first-order valence-electron chi connectivity index (χ1n) is 8.42. The zero-order valence-electron chi connectivity index (χ0n) is 14.8. The van der Waals surface area contributed by atoms with Crippen LogP contribution in [0.4, 0.5) is 0 Å². The van der Waals surface area contributed by atoms with Crippen molar-refractivity contribution in [3.8, 4) is 0 Å². The Kier molecular flexibility index (Phi) is 4.01. The molecule has 5 fully saturated rings. The Balaban J connectivity index is 0.00000168. The molecule has 10 atom stereocenters. The van der Waals surface area contributed by atoms with Crippen LogP contribution in [0.25, 0.3) is 0 Å². The number of epoxide rings is 1. The molecule has 3 N–H and O–H groups in total. The van der Waals surface area contributed by atoms with Crippen molar-refractivity contribution in [1.82, 2.24) is 0 Å². The van der Waals surface area contributed by atoms with Crippen molar-refractivity contribution in [2.75, 3.05) is 13.2 Å². The van der Waals surface area contributed by atoms with Gasteiger partial charge < -0.3 is 34.1 Å². The summed E-state index contributed by atoms with van der Waals surface area (Å²) < 4.78 is 53.3. The maximum absolute atomic E-state index is 12.0. The van der Waals surface area contributed by atoms with Gasteiger partial charge in [0, 0.05) is 11.3 Å². The molecule has 2 saturated carbocycles. The molecule has 0 radical (unpaired) electrons. The Morgan fingerprint density at radius 3 is 2.31 bits per heavy atom. The maximum Gasteiger partial charge on any atom is 1.00 e. The van der Waals surface area contributed by atoms with E-state index in [-0.39, 0.29) is 42.6 Å². The predicted octanol–water partition coefficient (Wildman–Crippen LogP) is -5.07. The summed E-state index contributed by atoms with van der Waals surface area (Å²) in [5, 5.41) is 30.8. The van der Waals surface area contributed by atoms with Crippen LogP contribution < -0.4 is 29.6 Å². The third-order valence-corrected chi connectivity index (χ3v) is 9.17. The van der Waals surface area contributed by atoms with Crippen LogP contribution in [0.2, 0.25) is 0 Å². The average molecular weight is 400 g/mol. The van der Waals surface area contributed by atoms with E-state index in [0.29, 0.717) is 6.61 Å². The van der Waals surface area contributed by atoms with E-state index in [9.17, 15) is 28.3 Å². The van der Waals surface area contributed by atoms with Gasteiger partial charge in [-0.1, -0.05) is 13.8 Å². The largest absolute Gasteiger partial charge is 1.00 e. The van der Waals surface area contributed by atoms with Gasteiger partial charge in [-0.2, -0.15) is 0 Å². The van der Waals surface area contributed by atoms with Crippen molar-refractivity contribution < 1.29 is 72.1 Å². The Morgan fingerprint density at radius 1 is 1.15 bits per heavy atom. The summed E-state index contributed by atoms with van der Waals surface area (Å²) in [5.74, 6) is -3.35. The van der Waals surface area contributed by atoms with Crippen LogP contribution in [0.1, 0.15) is 20.3 Å². The van der Waals surface area contributed by atoms with E-state index in [0.717, 1.165) is 0 Å². The predicted molar refractivity (Wildman–Crippen MR) is 78.1 cm³/mol. The molecule has 1 unspecified atom stereocenters. The molecule has 11 heteroatoms. The van der Waals surface area contributed by atoms with Crippen LogP contribution in [-0.2, 0) is 24.3 Å². The van der Waals surface area contributed by atoms with Crippen LogP contribution in [0.3, 0.4) is 0 Å². The van der Waals surface area contributed by atoms with Gasteiger partial charge in [0.05, 0.1) is 36.1 Å². The molecule has 4 bridgehead atoms. The fourth-order valence-electron chi connectivity index (χ4n) is 6.37. The summed E-state index contributed by atoms with van der Waals surface area (Å²) in [6, 6.07) is 0. The van der Waals surface area contributed by atoms with Gasteiger partial charge in [0.1, 0.15) is 27.9 Å². The molecule has 5 rings (SSSR count). The summed E-state index contributed by atoms with van der Waals surface area (Å²) in [6.45, 7) is 3.28. The van der Waals surface area contributed by atoms with Crippen LogP contribution in [0.15, 0.2) is 0 Å². The van der Waals surface area contributed by atoms with E-state index in [4.69, 9.17) is 14.2 Å². The molecule has 0 aromatic rings. The Bertz CT molecular complexity index is 756. The molecule has 26 heavy (non-hydrogen) atoms. The molecular weight excluding hydrogens is 379 g/mol. The van der Waals surface area contributed by atoms with Gasteiger partial charge >= 0.3 is 29.6 Å². The number of fused-ring (bicyclic) bond motifs is 1. The van der Waals surface area contributed by atoms with Gasteiger partial charge in [0.25, 0.3) is 0 Å². The van der Waals surface area contributed by atoms with Crippen molar-refractivity contribution in [2.45, 2.75) is 61.3 Å². The molecule has 2 aliphatic carbocycles. The zero-order valence-corrected chi connectivity index (χ0v) is 17.6. The summed E-state index contributed by atoms with van der Waals surface area (Å²) in [7, 11) is -4.87. The van der Waals surface area contributed by atoms with E-state index >= 15 is 0 Å². The molecule has 3 saturated heterocycles. The first kappa shape index (κ1) is 20.0. The molecule has 0 aromatic carbocycles. The second kappa shape index (κ2) is 5.23. The molecule has 3 aliphatic heterocycles. The summed E-state index contributed by atoms with van der Waals surface area (Å²) in [5.41, 5.74) is -3.13. The van der Waals surface area contributed by atoms with Crippen molar-refractivity contribution in [1.29, 1.82) is 0 Å². The van der Waals surface area contributed by atoms with Gasteiger partial charge in [-0.3, -0.25) is 0 Å². The first-order valence-corrected chi connectivity index (χ1v) is 9.89. The SMILES string of the molecule is C[C@H]1[C@H](S(=O)(=O)[O-])[C@H]2O[C@@H]3[C@H](O)C[C@](C)(C24CO[C@@]1(O)[C@H]4O)[C@]31CO1.[Na+]. The zero-order chi connectivity index (χ0) is 18.2. The van der Waals surface area contributed by atoms with Gasteiger partial charge in [0.2, 0.25) is 0 Å². The first-order chi connectivity index (χ1) is 11.5. The second-order valence-corrected chi connectivity index (χ2v) is 10.0. The number of aliphatic hydroxyl groups excluding tert-OH is 2. The molecule has 0 amide bonds. The Morgan fingerprint density at radius 2 is 1.77 bits per heavy atom. The third-order valence-electron chi connectivity index (χ3n) is 7.84. The normalized spacial score (nSPS) is 62.7. The van der Waals surface area contributed by atoms with Crippen molar-refractivity contribution in [3.05, 3.63) is 0 Å². The molecule has 5 aliphatic rings. The quantitative estimate of drug-likeness (QED) is 0.223. The molecular formula is C15H21NaO9S. The van der Waals surface area contributed by atoms with Crippen LogP contribution in [0, 0.1) is 16.7 Å². The maximum atomic E-state index is 12.0. The average Bonchev–Trinajstić information content (AvgIpc) is 3.22. The van der Waals surface area contributed by atoms with Crippen molar-refractivity contribution in [3.63, 3.8) is 0 Å². The number of hydrogen-bond donors (Lipinski definition) is 3. The van der Waals surface area contributed by atoms with Crippen LogP contribution in [0.5, 0.6) is 0 Å². The fraction of sp³-hybridized carbons (Fsp3) is 1.00. The molecule has 3 heterocycles. The topological polar surface area (TPSA) is 149 Å². The van der Waals surface area contributed by atoms with E-state index in [2.05, 4.69) is 0 Å². The molecule has 0 aromatic heterocycles. The summed E-state index contributed by atoms with van der Waals surface area (Å²) in [6.07, 6.45) is -4.15. The van der Waals surface area contributed by atoms with Gasteiger partial charge in [-0.15, -0.1) is 0 Å². The standard InChI is InChI=1S/C15H22O9S.Na/c1-6-8(25(19,20)21)10-13(4-23-15(6,18)11(13)17)12(2)3-7(16)9(24-10)14(12)5-22-14;/h6-11,16-18H,3-5H2,1-2H3,(H,19,20,21);/q;+1/p-1/t6-,7+,8-,9+,10+,11-,12+,13?,14-,15+;/m0./s1. The number of aliphatic hydroxyl groups is 3. The second-order valence-electron chi connectivity index (χ2n) is 8.49. The Labute approximate surface area is 173 Å². The number of hydrogen-bond acceptors (Lipinski definition) is 9. The van der Waals surface area contributed by atoms with E-state index in [1.807, 2.05) is 0 Å². The van der Waals surface area contributed by atoms with Crippen LogP contribution in [-0.4, -0.2) is 82.6 Å². The molecule has 142 valence electrons. The van der Waals surface area contributed by atoms with Gasteiger partial charge in [-0.25, -0.2) is 8.42 Å². The summed E-state index contributed by atoms with van der Waals surface area (Å²) in [4.78, 5) is 0. The van der Waals surface area contributed by atoms with Crippen molar-refractivity contribution in [2.24, 2.45) is 16.7 Å². The van der Waals surface area contributed by atoms with Crippen molar-refractivity contribution >= 4 is 10.1 Å². The minimum Gasteiger partial charge on any atom is -0.748 e. The monoisotopic (exact) mass is 400 g/mol. The number of rotatable bonds is 1. The minimum absolute atomic E-state index is 0. The number of ether oxygens (including phenoxy) is 3. The minimum atomic E-state index is -4.87. The van der Waals surface area contributed by atoms with E-state index in [1.165, 1.54) is 6.92 Å². The van der Waals surface area contributed by atoms with E-state index < -0.39 is 67.9 Å². The summed E-state index contributed by atoms with van der Waals surface area (Å²) >= 11 is 0. The fourth-order valence-corrected chi connectivity index (χ4v) is 7.68. The van der Waals surface area contributed by atoms with Gasteiger partial charge in [0.15, 0.2) is 5.79 Å². The Hall–Kier alpha value is 0.670. The van der Waals surface area contributed by atoms with Crippen LogP contribution >= 0.6 is 0 Å².